The van der Waals surface area contributed by atoms with E-state index in [4.69, 9.17) is 4.74 Å². The number of guanidine groups is 1. The Morgan fingerprint density at radius 3 is 2.82 bits per heavy atom. The predicted molar refractivity (Wildman–Crippen MR) is 85.7 cm³/mol. The molecule has 1 aromatic rings. The van der Waals surface area contributed by atoms with Gasteiger partial charge in [-0.1, -0.05) is 0 Å². The van der Waals surface area contributed by atoms with Gasteiger partial charge in [-0.3, -0.25) is 9.58 Å². The molecule has 1 unspecified atom stereocenters. The van der Waals surface area contributed by atoms with Crippen LogP contribution in [0.5, 0.6) is 0 Å². The third kappa shape index (κ3) is 4.96. The van der Waals surface area contributed by atoms with Crippen LogP contribution in [-0.4, -0.2) is 71.1 Å². The van der Waals surface area contributed by atoms with E-state index >= 15 is 0 Å². The lowest BCUT2D eigenvalue weighted by atomic mass is 10.2. The predicted octanol–water partition coefficient (Wildman–Crippen LogP) is -0.409. The smallest absolute Gasteiger partial charge is 0.191 e. The second-order valence-electron chi connectivity index (χ2n) is 5.37. The highest BCUT2D eigenvalue weighted by Gasteiger charge is 2.16. The molecule has 1 aromatic heterocycles. The number of aryl methyl sites for hydroxylation is 1. The Kier molecular flexibility index (Phi) is 6.60. The van der Waals surface area contributed by atoms with Crippen molar-refractivity contribution in [3.63, 3.8) is 0 Å². The molecule has 1 atom stereocenters. The maximum atomic E-state index is 5.39. The molecule has 0 bridgehead atoms. The van der Waals surface area contributed by atoms with Gasteiger partial charge in [0.05, 0.1) is 13.2 Å². The molecule has 0 saturated carbocycles. The third-order valence-corrected chi connectivity index (χ3v) is 3.76. The fourth-order valence-corrected chi connectivity index (χ4v) is 2.35. The van der Waals surface area contributed by atoms with Crippen molar-refractivity contribution < 1.29 is 4.74 Å². The van der Waals surface area contributed by atoms with Gasteiger partial charge in [0.15, 0.2) is 5.96 Å². The van der Waals surface area contributed by atoms with E-state index in [-0.39, 0.29) is 0 Å². The van der Waals surface area contributed by atoms with Gasteiger partial charge in [-0.05, 0) is 13.8 Å². The molecule has 1 aliphatic rings. The van der Waals surface area contributed by atoms with Gasteiger partial charge >= 0.3 is 0 Å². The molecule has 2 heterocycles. The van der Waals surface area contributed by atoms with Crippen molar-refractivity contribution in [3.8, 4) is 0 Å². The van der Waals surface area contributed by atoms with Gasteiger partial charge < -0.3 is 15.4 Å². The van der Waals surface area contributed by atoms with Crippen LogP contribution < -0.4 is 10.6 Å². The molecule has 1 saturated heterocycles. The lowest BCUT2D eigenvalue weighted by molar-refractivity contribution is 0.0211. The molecule has 2 rings (SSSR count). The summed E-state index contributed by atoms with van der Waals surface area (Å²) in [5, 5.41) is 10.7. The molecule has 0 amide bonds. The number of ether oxygens (including phenoxy) is 1. The van der Waals surface area contributed by atoms with Crippen LogP contribution in [0.2, 0.25) is 0 Å². The SMILES string of the molecule is CCNC(=NCc1ncnn1C)NCC(C)N1CCOCC1. The number of nitrogens with one attached hydrogen (secondary N) is 2. The van der Waals surface area contributed by atoms with E-state index in [1.807, 2.05) is 7.05 Å². The van der Waals surface area contributed by atoms with Gasteiger partial charge in [0.2, 0.25) is 0 Å². The lowest BCUT2D eigenvalue weighted by Gasteiger charge is -2.32. The maximum Gasteiger partial charge on any atom is 0.191 e. The second kappa shape index (κ2) is 8.70. The molecule has 0 radical (unpaired) electrons. The van der Waals surface area contributed by atoms with Crippen LogP contribution in [0.3, 0.4) is 0 Å². The summed E-state index contributed by atoms with van der Waals surface area (Å²) in [5.74, 6) is 1.66. The van der Waals surface area contributed by atoms with Gasteiger partial charge in [-0.25, -0.2) is 9.98 Å². The first kappa shape index (κ1) is 16.7. The second-order valence-corrected chi connectivity index (χ2v) is 5.37. The Morgan fingerprint density at radius 1 is 1.41 bits per heavy atom. The summed E-state index contributed by atoms with van der Waals surface area (Å²) in [5.41, 5.74) is 0. The molecule has 124 valence electrons. The number of aliphatic imine (C=N–C) groups is 1. The summed E-state index contributed by atoms with van der Waals surface area (Å²) >= 11 is 0. The van der Waals surface area contributed by atoms with Crippen molar-refractivity contribution in [2.75, 3.05) is 39.4 Å². The quantitative estimate of drug-likeness (QED) is 0.549. The highest BCUT2D eigenvalue weighted by molar-refractivity contribution is 5.79. The van der Waals surface area contributed by atoms with E-state index in [1.165, 1.54) is 0 Å². The molecule has 8 heteroatoms. The highest BCUT2D eigenvalue weighted by Crippen LogP contribution is 2.02. The van der Waals surface area contributed by atoms with E-state index in [1.54, 1.807) is 11.0 Å². The van der Waals surface area contributed by atoms with Crippen molar-refractivity contribution in [2.45, 2.75) is 26.4 Å². The molecule has 2 N–H and O–H groups in total. The number of aromatic nitrogens is 3. The Morgan fingerprint density at radius 2 is 2.18 bits per heavy atom. The average Bonchev–Trinajstić information content (AvgIpc) is 2.96. The van der Waals surface area contributed by atoms with Crippen LogP contribution >= 0.6 is 0 Å². The molecular weight excluding hydrogens is 282 g/mol. The average molecular weight is 309 g/mol. The minimum Gasteiger partial charge on any atom is -0.379 e. The zero-order valence-corrected chi connectivity index (χ0v) is 13.7. The first-order valence-corrected chi connectivity index (χ1v) is 7.87. The summed E-state index contributed by atoms with van der Waals surface area (Å²) in [6.07, 6.45) is 1.55. The minimum absolute atomic E-state index is 0.447. The van der Waals surface area contributed by atoms with Crippen molar-refractivity contribution in [1.29, 1.82) is 0 Å². The van der Waals surface area contributed by atoms with Crippen LogP contribution in [0, 0.1) is 0 Å². The van der Waals surface area contributed by atoms with Crippen LogP contribution in [0.4, 0.5) is 0 Å². The molecule has 0 aromatic carbocycles. The topological polar surface area (TPSA) is 79.6 Å². The molecule has 1 fully saturated rings. The van der Waals surface area contributed by atoms with E-state index < -0.39 is 0 Å². The Bertz CT molecular complexity index is 468. The lowest BCUT2D eigenvalue weighted by Crippen LogP contribution is -2.49. The normalized spacial score (nSPS) is 18.2. The largest absolute Gasteiger partial charge is 0.379 e. The molecule has 1 aliphatic heterocycles. The number of hydrogen-bond donors (Lipinski definition) is 2. The monoisotopic (exact) mass is 309 g/mol. The Balaban J connectivity index is 1.83. The molecular formula is C14H27N7O. The van der Waals surface area contributed by atoms with E-state index in [2.05, 4.69) is 44.5 Å². The molecule has 0 aliphatic carbocycles. The molecule has 0 spiro atoms. The molecule has 8 nitrogen and oxygen atoms in total. The van der Waals surface area contributed by atoms with E-state index in [0.717, 1.165) is 51.2 Å². The van der Waals surface area contributed by atoms with Crippen LogP contribution in [-0.2, 0) is 18.3 Å². The van der Waals surface area contributed by atoms with E-state index in [9.17, 15) is 0 Å². The zero-order valence-electron chi connectivity index (χ0n) is 13.7. The Hall–Kier alpha value is -1.67. The van der Waals surface area contributed by atoms with Gasteiger partial charge in [0.1, 0.15) is 18.7 Å². The minimum atomic E-state index is 0.447. The number of nitrogens with zero attached hydrogens (tertiary/aromatic N) is 5. The summed E-state index contributed by atoms with van der Waals surface area (Å²) < 4.78 is 7.13. The highest BCUT2D eigenvalue weighted by atomic mass is 16.5. The van der Waals surface area contributed by atoms with Gasteiger partial charge in [0, 0.05) is 39.3 Å². The van der Waals surface area contributed by atoms with Crippen molar-refractivity contribution in [3.05, 3.63) is 12.2 Å². The number of rotatable bonds is 6. The first-order valence-electron chi connectivity index (χ1n) is 7.87. The van der Waals surface area contributed by atoms with Gasteiger partial charge in [-0.2, -0.15) is 5.10 Å². The molecule has 22 heavy (non-hydrogen) atoms. The standard InChI is InChI=1S/C14H27N7O/c1-4-15-14(17-10-13-18-11-19-20(13)3)16-9-12(2)21-5-7-22-8-6-21/h11-12H,4-10H2,1-3H3,(H2,15,16,17). The summed E-state index contributed by atoms with van der Waals surface area (Å²) in [6.45, 7) is 10.1. The fraction of sp³-hybridized carbons (Fsp3) is 0.786. The van der Waals surface area contributed by atoms with Crippen LogP contribution in [0.25, 0.3) is 0 Å². The van der Waals surface area contributed by atoms with Gasteiger partial charge in [-0.15, -0.1) is 0 Å². The first-order chi connectivity index (χ1) is 10.7. The Labute approximate surface area is 132 Å². The summed E-state index contributed by atoms with van der Waals surface area (Å²) in [4.78, 5) is 11.2. The summed E-state index contributed by atoms with van der Waals surface area (Å²) in [6, 6.07) is 0.447. The summed E-state index contributed by atoms with van der Waals surface area (Å²) in [7, 11) is 1.87. The van der Waals surface area contributed by atoms with Gasteiger partial charge in [0.25, 0.3) is 0 Å². The number of morpholine rings is 1. The maximum absolute atomic E-state index is 5.39. The van der Waals surface area contributed by atoms with Crippen molar-refractivity contribution in [2.24, 2.45) is 12.0 Å². The number of hydrogen-bond acceptors (Lipinski definition) is 5. The fourth-order valence-electron chi connectivity index (χ4n) is 2.35. The zero-order chi connectivity index (χ0) is 15.8. The van der Waals surface area contributed by atoms with Crippen LogP contribution in [0.15, 0.2) is 11.3 Å². The van der Waals surface area contributed by atoms with Crippen LogP contribution in [0.1, 0.15) is 19.7 Å². The van der Waals surface area contributed by atoms with Crippen molar-refractivity contribution >= 4 is 5.96 Å². The third-order valence-electron chi connectivity index (χ3n) is 3.76. The van der Waals surface area contributed by atoms with E-state index in [0.29, 0.717) is 12.6 Å². The van der Waals surface area contributed by atoms with Crippen molar-refractivity contribution in [1.82, 2.24) is 30.3 Å².